The minimum absolute atomic E-state index is 0.140. The largest absolute Gasteiger partial charge is 0.508 e. The molecule has 0 aromatic heterocycles. The second-order valence-corrected chi connectivity index (χ2v) is 19.3. The van der Waals surface area contributed by atoms with Crippen LogP contribution in [0.3, 0.4) is 0 Å². The molecule has 1 rings (SSSR count). The van der Waals surface area contributed by atoms with Gasteiger partial charge in [0, 0.05) is 12.8 Å². The highest BCUT2D eigenvalue weighted by molar-refractivity contribution is 5.63. The van der Waals surface area contributed by atoms with Crippen molar-refractivity contribution in [3.63, 3.8) is 0 Å². The third-order valence-corrected chi connectivity index (χ3v) is 11.3. The fourth-order valence-corrected chi connectivity index (χ4v) is 7.55. The molecule has 0 radical (unpaired) electrons. The van der Waals surface area contributed by atoms with Gasteiger partial charge in [0.2, 0.25) is 0 Å². The van der Waals surface area contributed by atoms with Gasteiger partial charge in [-0.25, -0.2) is 19.2 Å². The monoisotopic (exact) mass is 885 g/mol. The lowest BCUT2D eigenvalue weighted by Gasteiger charge is -2.38. The molecule has 0 aromatic rings. The van der Waals surface area contributed by atoms with Crippen LogP contribution >= 0.6 is 0 Å². The fourth-order valence-electron chi connectivity index (χ4n) is 7.55. The van der Waals surface area contributed by atoms with Crippen molar-refractivity contribution in [1.82, 2.24) is 0 Å². The van der Waals surface area contributed by atoms with E-state index in [1.165, 1.54) is 51.4 Å². The van der Waals surface area contributed by atoms with Crippen LogP contribution in [0, 0.1) is 23.7 Å². The van der Waals surface area contributed by atoms with Crippen molar-refractivity contribution in [3.8, 4) is 0 Å². The van der Waals surface area contributed by atoms with Gasteiger partial charge in [-0.1, -0.05) is 184 Å². The van der Waals surface area contributed by atoms with Gasteiger partial charge in [-0.05, 0) is 49.4 Å². The zero-order valence-electron chi connectivity index (χ0n) is 40.7. The Morgan fingerprint density at radius 2 is 0.484 bits per heavy atom. The molecular weight excluding hydrogens is 793 g/mol. The number of rotatable bonds is 36. The summed E-state index contributed by atoms with van der Waals surface area (Å²) in [6, 6.07) is 0. The van der Waals surface area contributed by atoms with Crippen LogP contribution < -0.4 is 0 Å². The molecule has 0 aromatic carbocycles. The van der Waals surface area contributed by atoms with Gasteiger partial charge in [-0.2, -0.15) is 0 Å². The van der Waals surface area contributed by atoms with Crippen LogP contribution in [-0.2, 0) is 37.9 Å². The standard InChI is InChI=1S/C50H92O12/c1-39(2)29-21-13-9-17-25-33-55-47(51)59-43-37-45(61-49(53)57-35-27-19-11-15-23-31-41(5)6)46(62-50(54)58-36-28-20-12-16-24-32-42(7)8)38-44(43)60-48(52)56-34-26-18-10-14-22-30-40(3)4/h39-46H,9-38H2,1-8H3. The maximum absolute atomic E-state index is 13.0. The third-order valence-electron chi connectivity index (χ3n) is 11.3. The van der Waals surface area contributed by atoms with Crippen LogP contribution in [0.4, 0.5) is 19.2 Å². The normalized spacial score (nSPS) is 17.6. The van der Waals surface area contributed by atoms with E-state index in [1.54, 1.807) is 0 Å². The van der Waals surface area contributed by atoms with Gasteiger partial charge in [0.1, 0.15) is 24.4 Å². The molecule has 0 saturated heterocycles. The van der Waals surface area contributed by atoms with Crippen molar-refractivity contribution in [3.05, 3.63) is 0 Å². The molecule has 1 saturated carbocycles. The van der Waals surface area contributed by atoms with E-state index in [1.807, 2.05) is 0 Å². The average molecular weight is 885 g/mol. The van der Waals surface area contributed by atoms with E-state index in [4.69, 9.17) is 37.9 Å². The van der Waals surface area contributed by atoms with Crippen LogP contribution in [-0.4, -0.2) is 75.5 Å². The SMILES string of the molecule is CC(C)CCCCCCCOC(=O)OC1CC(OC(=O)OCCCCCCCC(C)C)C(OC(=O)OCCCCCCCC(C)C)CC1OC(=O)OCCCCCCCC(C)C. The lowest BCUT2D eigenvalue weighted by molar-refractivity contribution is -0.142. The highest BCUT2D eigenvalue weighted by atomic mass is 16.8. The summed E-state index contributed by atoms with van der Waals surface area (Å²) in [7, 11) is 0. The number of hydrogen-bond acceptors (Lipinski definition) is 12. The van der Waals surface area contributed by atoms with Gasteiger partial charge in [0.25, 0.3) is 0 Å². The number of hydrogen-bond donors (Lipinski definition) is 0. The van der Waals surface area contributed by atoms with Gasteiger partial charge in [0.15, 0.2) is 0 Å². The van der Waals surface area contributed by atoms with E-state index >= 15 is 0 Å². The van der Waals surface area contributed by atoms with Gasteiger partial charge >= 0.3 is 24.6 Å². The predicted octanol–water partition coefficient (Wildman–Crippen LogP) is 14.9. The Bertz CT molecular complexity index is 955. The van der Waals surface area contributed by atoms with Gasteiger partial charge < -0.3 is 37.9 Å². The molecule has 1 aliphatic rings. The zero-order valence-corrected chi connectivity index (χ0v) is 40.7. The molecule has 12 heteroatoms. The van der Waals surface area contributed by atoms with Crippen LogP contribution in [0.5, 0.6) is 0 Å². The topological polar surface area (TPSA) is 142 Å². The zero-order chi connectivity index (χ0) is 45.8. The number of ether oxygens (including phenoxy) is 8. The Morgan fingerprint density at radius 1 is 0.306 bits per heavy atom. The van der Waals surface area contributed by atoms with Crippen LogP contribution in [0.25, 0.3) is 0 Å². The predicted molar refractivity (Wildman–Crippen MR) is 244 cm³/mol. The van der Waals surface area contributed by atoms with Gasteiger partial charge in [-0.15, -0.1) is 0 Å². The molecule has 0 spiro atoms. The molecule has 4 unspecified atom stereocenters. The minimum Gasteiger partial charge on any atom is -0.434 e. The molecule has 0 N–H and O–H groups in total. The first-order valence-corrected chi connectivity index (χ1v) is 25.1. The summed E-state index contributed by atoms with van der Waals surface area (Å²) < 4.78 is 44.6. The quantitative estimate of drug-likeness (QED) is 0.0336. The van der Waals surface area contributed by atoms with Crippen molar-refractivity contribution >= 4 is 24.6 Å². The Balaban J connectivity index is 2.94. The van der Waals surface area contributed by atoms with Crippen LogP contribution in [0.15, 0.2) is 0 Å². The van der Waals surface area contributed by atoms with E-state index < -0.39 is 49.0 Å². The second kappa shape index (κ2) is 37.5. The van der Waals surface area contributed by atoms with Crippen molar-refractivity contribution in [1.29, 1.82) is 0 Å². The summed E-state index contributed by atoms with van der Waals surface area (Å²) in [6.07, 6.45) is 16.5. The minimum atomic E-state index is -1.08. The Hall–Kier alpha value is -2.92. The Kier molecular flexibility index (Phi) is 34.5. The molecule has 1 fully saturated rings. The summed E-state index contributed by atoms with van der Waals surface area (Å²) in [5, 5.41) is 0. The molecule has 0 amide bonds. The first kappa shape index (κ1) is 57.1. The lowest BCUT2D eigenvalue weighted by atomic mass is 9.89. The van der Waals surface area contributed by atoms with E-state index in [-0.39, 0.29) is 39.3 Å². The average Bonchev–Trinajstić information content (AvgIpc) is 3.19. The van der Waals surface area contributed by atoms with Crippen LogP contribution in [0.1, 0.15) is 222 Å². The first-order valence-electron chi connectivity index (χ1n) is 25.1. The first-order chi connectivity index (χ1) is 29.8. The molecule has 62 heavy (non-hydrogen) atoms. The molecule has 0 bridgehead atoms. The maximum atomic E-state index is 13.0. The Morgan fingerprint density at radius 3 is 0.677 bits per heavy atom. The summed E-state index contributed by atoms with van der Waals surface area (Å²) in [6.45, 7) is 18.5. The van der Waals surface area contributed by atoms with Crippen molar-refractivity contribution in [2.45, 2.75) is 247 Å². The van der Waals surface area contributed by atoms with Crippen molar-refractivity contribution in [2.24, 2.45) is 23.7 Å². The third kappa shape index (κ3) is 33.6. The van der Waals surface area contributed by atoms with E-state index in [0.717, 1.165) is 77.0 Å². The molecule has 12 nitrogen and oxygen atoms in total. The molecule has 0 heterocycles. The number of carbonyl (C=O) groups is 4. The summed E-state index contributed by atoms with van der Waals surface area (Å²) in [4.78, 5) is 52.0. The summed E-state index contributed by atoms with van der Waals surface area (Å²) >= 11 is 0. The Labute approximate surface area is 377 Å². The highest BCUT2D eigenvalue weighted by Gasteiger charge is 2.46. The van der Waals surface area contributed by atoms with Crippen molar-refractivity contribution < 1.29 is 57.1 Å². The molecular formula is C50H92O12. The molecule has 1 aliphatic carbocycles. The van der Waals surface area contributed by atoms with Gasteiger partial charge in [0.05, 0.1) is 26.4 Å². The number of carbonyl (C=O) groups excluding carboxylic acids is 4. The molecule has 364 valence electrons. The lowest BCUT2D eigenvalue weighted by Crippen LogP contribution is -2.51. The maximum Gasteiger partial charge on any atom is 0.508 e. The van der Waals surface area contributed by atoms with Crippen LogP contribution in [0.2, 0.25) is 0 Å². The summed E-state index contributed by atoms with van der Waals surface area (Å²) in [5.74, 6) is 2.75. The fraction of sp³-hybridized carbons (Fsp3) is 0.920. The molecule has 0 aliphatic heterocycles. The van der Waals surface area contributed by atoms with Crippen molar-refractivity contribution in [2.75, 3.05) is 26.4 Å². The van der Waals surface area contributed by atoms with E-state index in [9.17, 15) is 19.2 Å². The van der Waals surface area contributed by atoms with Gasteiger partial charge in [-0.3, -0.25) is 0 Å². The van der Waals surface area contributed by atoms with E-state index in [0.29, 0.717) is 49.4 Å². The highest BCUT2D eigenvalue weighted by Crippen LogP contribution is 2.31. The molecule has 4 atom stereocenters. The smallest absolute Gasteiger partial charge is 0.434 e. The second-order valence-electron chi connectivity index (χ2n) is 19.3. The summed E-state index contributed by atoms with van der Waals surface area (Å²) in [5.41, 5.74) is 0. The number of unbranched alkanes of at least 4 members (excludes halogenated alkanes) is 16. The van der Waals surface area contributed by atoms with E-state index in [2.05, 4.69) is 55.4 Å².